The molecule has 0 unspecified atom stereocenters. The van der Waals surface area contributed by atoms with Crippen molar-refractivity contribution in [2.24, 2.45) is 20.5 Å². The summed E-state index contributed by atoms with van der Waals surface area (Å²) in [6.45, 7) is 11.6. The van der Waals surface area contributed by atoms with Gasteiger partial charge in [-0.25, -0.2) is 16.8 Å². The molecule has 0 fully saturated rings. The third-order valence-corrected chi connectivity index (χ3v) is 8.95. The van der Waals surface area contributed by atoms with Gasteiger partial charge in [0.25, 0.3) is 11.4 Å². The summed E-state index contributed by atoms with van der Waals surface area (Å²) in [6, 6.07) is 11.6. The fraction of sp³-hybridized carbons (Fsp3) is 0.250. The number of phenolic OH excluding ortho intramolecular Hbond substituents is 4. The standard InChI is InChI=1S/2C16H17N3O7S.2K/c2*1-16(2,3)9-4-5-13(20)11(6-9)17-18-12-7-10(19(22)23)8-14(15(12)21)27(24,25)26;;/h2*4-8,20-21H,1-3H3,(H,24,25,26);;/q;;2*+1/p-2. The molecular formula is C32H32K2N6O14S2. The van der Waals surface area contributed by atoms with Crippen LogP contribution in [0.5, 0.6) is 23.0 Å². The largest absolute Gasteiger partial charge is 1.00 e. The fourth-order valence-corrected chi connectivity index (χ4v) is 5.47. The Morgan fingerprint density at radius 2 is 0.804 bits per heavy atom. The van der Waals surface area contributed by atoms with E-state index in [1.807, 2.05) is 41.5 Å². The predicted molar refractivity (Wildman–Crippen MR) is 187 cm³/mol. The second kappa shape index (κ2) is 19.7. The number of non-ortho nitro benzene ring substituents is 2. The van der Waals surface area contributed by atoms with Crippen molar-refractivity contribution in [1.29, 1.82) is 0 Å². The average Bonchev–Trinajstić information content (AvgIpc) is 3.03. The summed E-state index contributed by atoms with van der Waals surface area (Å²) in [5.74, 6) is -2.61. The third-order valence-electron chi connectivity index (χ3n) is 7.25. The van der Waals surface area contributed by atoms with E-state index in [1.165, 1.54) is 24.3 Å². The van der Waals surface area contributed by atoms with E-state index in [1.54, 1.807) is 12.1 Å². The molecule has 0 spiro atoms. The maximum absolute atomic E-state index is 11.2. The average molecular weight is 867 g/mol. The zero-order valence-electron chi connectivity index (χ0n) is 31.1. The molecule has 0 aliphatic heterocycles. The Labute approximate surface area is 405 Å². The summed E-state index contributed by atoms with van der Waals surface area (Å²) >= 11 is 0. The van der Waals surface area contributed by atoms with E-state index in [0.29, 0.717) is 12.1 Å². The maximum atomic E-state index is 11.2. The van der Waals surface area contributed by atoms with E-state index < -0.39 is 74.1 Å². The van der Waals surface area contributed by atoms with Crippen LogP contribution in [0.1, 0.15) is 52.7 Å². The van der Waals surface area contributed by atoms with Crippen molar-refractivity contribution in [1.82, 2.24) is 0 Å². The van der Waals surface area contributed by atoms with E-state index in [4.69, 9.17) is 0 Å². The molecule has 4 rings (SSSR count). The zero-order chi connectivity index (χ0) is 41.1. The van der Waals surface area contributed by atoms with Gasteiger partial charge in [0, 0.05) is 24.3 Å². The van der Waals surface area contributed by atoms with E-state index in [9.17, 15) is 66.6 Å². The van der Waals surface area contributed by atoms with Crippen LogP contribution < -0.4 is 103 Å². The number of azo groups is 2. The number of nitro groups is 2. The molecule has 288 valence electrons. The van der Waals surface area contributed by atoms with Crippen molar-refractivity contribution in [2.45, 2.75) is 62.2 Å². The predicted octanol–water partition coefficient (Wildman–Crippen LogP) is 1.25. The smallest absolute Gasteiger partial charge is 0.744 e. The van der Waals surface area contributed by atoms with Crippen LogP contribution in [-0.4, -0.2) is 56.2 Å². The molecule has 24 heteroatoms. The SMILES string of the molecule is CC(C)(C)c1ccc(O)c(N=Nc2cc([N+](=O)[O-])cc(S(=O)(=O)[O-])c2O)c1.CC(C)(C)c1ccc(O)c(N=Nc2cc([N+](=O)[O-])cc(S(=O)(=O)[O-])c2O)c1.[K+].[K+]. The first kappa shape index (κ1) is 51.2. The van der Waals surface area contributed by atoms with Crippen LogP contribution in [0, 0.1) is 20.2 Å². The van der Waals surface area contributed by atoms with Crippen molar-refractivity contribution in [3.63, 3.8) is 0 Å². The number of nitrogens with zero attached hydrogens (tertiary/aromatic N) is 6. The molecule has 0 amide bonds. The van der Waals surface area contributed by atoms with Gasteiger partial charge in [-0.3, -0.25) is 20.2 Å². The van der Waals surface area contributed by atoms with Crippen molar-refractivity contribution >= 4 is 54.4 Å². The molecular weight excluding hydrogens is 835 g/mol. The van der Waals surface area contributed by atoms with Crippen LogP contribution in [0.3, 0.4) is 0 Å². The summed E-state index contributed by atoms with van der Waals surface area (Å²) in [5.41, 5.74) is -1.64. The topological polar surface area (TPSA) is 331 Å². The van der Waals surface area contributed by atoms with Gasteiger partial charge in [-0.1, -0.05) is 53.7 Å². The minimum Gasteiger partial charge on any atom is -0.744 e. The van der Waals surface area contributed by atoms with E-state index in [0.717, 1.165) is 23.3 Å². The molecule has 4 aromatic rings. The number of aromatic hydroxyl groups is 4. The Hall–Kier alpha value is -2.83. The molecule has 0 atom stereocenters. The van der Waals surface area contributed by atoms with Crippen LogP contribution in [0.2, 0.25) is 0 Å². The molecule has 56 heavy (non-hydrogen) atoms. The molecule has 0 saturated carbocycles. The monoisotopic (exact) mass is 866 g/mol. The van der Waals surface area contributed by atoms with Crippen LogP contribution >= 0.6 is 0 Å². The van der Waals surface area contributed by atoms with E-state index >= 15 is 0 Å². The van der Waals surface area contributed by atoms with Gasteiger partial charge in [0.05, 0.1) is 9.85 Å². The number of rotatable bonds is 8. The second-order valence-corrected chi connectivity index (χ2v) is 16.0. The maximum Gasteiger partial charge on any atom is 1.00 e. The first-order valence-corrected chi connectivity index (χ1v) is 17.9. The molecule has 0 aliphatic carbocycles. The van der Waals surface area contributed by atoms with Gasteiger partial charge in [-0.05, 0) is 46.2 Å². The van der Waals surface area contributed by atoms with Crippen molar-refractivity contribution in [3.8, 4) is 23.0 Å². The van der Waals surface area contributed by atoms with Crippen LogP contribution in [-0.2, 0) is 31.1 Å². The first-order valence-electron chi connectivity index (χ1n) is 15.1. The summed E-state index contributed by atoms with van der Waals surface area (Å²) in [7, 11) is -10.4. The number of nitro benzene ring substituents is 2. The summed E-state index contributed by atoms with van der Waals surface area (Å²) in [6.07, 6.45) is 0. The van der Waals surface area contributed by atoms with Gasteiger partial charge in [0.2, 0.25) is 0 Å². The Balaban J connectivity index is 0.000000541. The third kappa shape index (κ3) is 13.6. The van der Waals surface area contributed by atoms with Gasteiger partial charge < -0.3 is 29.5 Å². The summed E-state index contributed by atoms with van der Waals surface area (Å²) in [5, 5.41) is 76.2. The van der Waals surface area contributed by atoms with Crippen molar-refractivity contribution in [3.05, 3.63) is 92.0 Å². The first-order chi connectivity index (χ1) is 24.6. The van der Waals surface area contributed by atoms with Gasteiger partial charge >= 0.3 is 103 Å². The van der Waals surface area contributed by atoms with Gasteiger partial charge in [-0.2, -0.15) is 0 Å². The van der Waals surface area contributed by atoms with Gasteiger partial charge in [-0.15, -0.1) is 20.5 Å². The zero-order valence-corrected chi connectivity index (χ0v) is 39.0. The van der Waals surface area contributed by atoms with E-state index in [-0.39, 0.29) is 136 Å². The van der Waals surface area contributed by atoms with E-state index in [2.05, 4.69) is 20.5 Å². The van der Waals surface area contributed by atoms with Gasteiger partial charge in [0.1, 0.15) is 64.3 Å². The molecule has 0 aromatic heterocycles. The van der Waals surface area contributed by atoms with Crippen LogP contribution in [0.25, 0.3) is 0 Å². The van der Waals surface area contributed by atoms with Crippen molar-refractivity contribution < 1.29 is 159 Å². The number of benzene rings is 4. The molecule has 20 nitrogen and oxygen atoms in total. The number of hydrogen-bond donors (Lipinski definition) is 4. The summed E-state index contributed by atoms with van der Waals surface area (Å²) < 4.78 is 67.3. The van der Waals surface area contributed by atoms with Crippen LogP contribution in [0.4, 0.5) is 34.1 Å². The number of hydrogen-bond acceptors (Lipinski definition) is 18. The molecule has 0 heterocycles. The molecule has 4 aromatic carbocycles. The second-order valence-electron chi connectivity index (χ2n) is 13.4. The van der Waals surface area contributed by atoms with Gasteiger partial charge in [0.15, 0.2) is 11.5 Å². The number of phenols is 4. The fourth-order valence-electron chi connectivity index (χ4n) is 4.26. The normalized spacial score (nSPS) is 12.0. The molecule has 0 radical (unpaired) electrons. The Bertz CT molecular complexity index is 2260. The van der Waals surface area contributed by atoms with Crippen LogP contribution in [0.15, 0.2) is 90.9 Å². The molecule has 0 aliphatic rings. The Morgan fingerprint density at radius 3 is 1.05 bits per heavy atom. The Morgan fingerprint density at radius 1 is 0.518 bits per heavy atom. The minimum atomic E-state index is -5.18. The Kier molecular flexibility index (Phi) is 18.1. The summed E-state index contributed by atoms with van der Waals surface area (Å²) in [4.78, 5) is 17.6. The molecule has 0 bridgehead atoms. The quantitative estimate of drug-likeness (QED) is 0.0637. The minimum absolute atomic E-state index is 0. The molecule has 0 saturated heterocycles. The van der Waals surface area contributed by atoms with Crippen molar-refractivity contribution in [2.75, 3.05) is 0 Å². The molecule has 4 N–H and O–H groups in total.